The van der Waals surface area contributed by atoms with Crippen LogP contribution in [0.25, 0.3) is 0 Å². The Kier molecular flexibility index (Phi) is 5.53. The molecular weight excluding hydrogens is 425 g/mol. The van der Waals surface area contributed by atoms with Crippen LogP contribution in [0.4, 0.5) is 23.7 Å². The molecule has 0 saturated carbocycles. The van der Waals surface area contributed by atoms with Crippen LogP contribution < -0.4 is 10.2 Å². The van der Waals surface area contributed by atoms with Crippen molar-refractivity contribution in [3.8, 4) is 0 Å². The second-order valence-corrected chi connectivity index (χ2v) is 7.89. The van der Waals surface area contributed by atoms with E-state index in [-0.39, 0.29) is 24.5 Å². The van der Waals surface area contributed by atoms with Crippen LogP contribution >= 0.6 is 0 Å². The second-order valence-electron chi connectivity index (χ2n) is 7.89. The van der Waals surface area contributed by atoms with Crippen LogP contribution in [0, 0.1) is 17.5 Å². The first kappa shape index (κ1) is 21.7. The zero-order valence-corrected chi connectivity index (χ0v) is 17.3. The lowest BCUT2D eigenvalue weighted by atomic mass is 9.91. The van der Waals surface area contributed by atoms with Crippen molar-refractivity contribution in [1.29, 1.82) is 0 Å². The number of hydrogen-bond donors (Lipinski definition) is 1. The molecule has 168 valence electrons. The van der Waals surface area contributed by atoms with E-state index in [2.05, 4.69) is 5.32 Å². The number of anilines is 1. The third-order valence-electron chi connectivity index (χ3n) is 5.86. The van der Waals surface area contributed by atoms with E-state index < -0.39 is 41.6 Å². The highest BCUT2D eigenvalue weighted by Gasteiger charge is 2.51. The lowest BCUT2D eigenvalue weighted by molar-refractivity contribution is -0.139. The van der Waals surface area contributed by atoms with Crippen molar-refractivity contribution < 1.29 is 27.6 Å². The van der Waals surface area contributed by atoms with Gasteiger partial charge in [0.15, 0.2) is 0 Å². The van der Waals surface area contributed by atoms with Gasteiger partial charge in [0.05, 0.1) is 5.69 Å². The molecule has 32 heavy (non-hydrogen) atoms. The van der Waals surface area contributed by atoms with Gasteiger partial charge in [-0.05, 0) is 37.3 Å². The van der Waals surface area contributed by atoms with Gasteiger partial charge in [0.1, 0.15) is 29.5 Å². The number of carbonyl (C=O) groups excluding carboxylic acids is 3. The molecule has 2 aliphatic heterocycles. The van der Waals surface area contributed by atoms with Gasteiger partial charge in [-0.25, -0.2) is 18.0 Å². The number of urea groups is 1. The average molecular weight is 446 g/mol. The van der Waals surface area contributed by atoms with E-state index in [1.807, 2.05) is 4.90 Å². The molecule has 0 aromatic heterocycles. The van der Waals surface area contributed by atoms with Crippen molar-refractivity contribution >= 4 is 23.5 Å². The van der Waals surface area contributed by atoms with E-state index in [0.717, 1.165) is 18.2 Å². The van der Waals surface area contributed by atoms with Crippen molar-refractivity contribution in [1.82, 2.24) is 15.1 Å². The van der Waals surface area contributed by atoms with E-state index in [9.17, 15) is 27.6 Å². The molecule has 2 saturated heterocycles. The fraction of sp³-hybridized carbons (Fsp3) is 0.318. The summed E-state index contributed by atoms with van der Waals surface area (Å²) in [5.41, 5.74) is -1.70. The Morgan fingerprint density at radius 3 is 2.38 bits per heavy atom. The molecule has 1 unspecified atom stereocenters. The minimum atomic E-state index is -1.83. The molecule has 4 rings (SSSR count). The number of para-hydroxylation sites is 1. The average Bonchev–Trinajstić information content (AvgIpc) is 2.99. The predicted octanol–water partition coefficient (Wildman–Crippen LogP) is 2.22. The van der Waals surface area contributed by atoms with Crippen molar-refractivity contribution in [3.63, 3.8) is 0 Å². The molecule has 0 radical (unpaired) electrons. The van der Waals surface area contributed by atoms with Gasteiger partial charge in [0.25, 0.3) is 5.91 Å². The fourth-order valence-corrected chi connectivity index (χ4v) is 4.04. The highest BCUT2D eigenvalue weighted by molar-refractivity contribution is 6.09. The molecule has 10 heteroatoms. The summed E-state index contributed by atoms with van der Waals surface area (Å²) in [6, 6.07) is 8.12. The number of nitrogens with one attached hydrogen (secondary N) is 1. The molecule has 2 aliphatic rings. The van der Waals surface area contributed by atoms with Crippen LogP contribution in [0.2, 0.25) is 0 Å². The molecule has 2 fully saturated rings. The Morgan fingerprint density at radius 1 is 1.00 bits per heavy atom. The number of nitrogens with zero attached hydrogens (tertiary/aromatic N) is 3. The van der Waals surface area contributed by atoms with Gasteiger partial charge >= 0.3 is 6.03 Å². The van der Waals surface area contributed by atoms with Gasteiger partial charge in [-0.3, -0.25) is 14.5 Å². The van der Waals surface area contributed by atoms with Crippen LogP contribution in [-0.4, -0.2) is 60.4 Å². The number of amides is 4. The summed E-state index contributed by atoms with van der Waals surface area (Å²) in [6.45, 7) is 2.08. The van der Waals surface area contributed by atoms with Crippen molar-refractivity contribution in [2.24, 2.45) is 0 Å². The molecule has 2 aromatic rings. The number of benzene rings is 2. The van der Waals surface area contributed by atoms with Crippen LogP contribution in [0.15, 0.2) is 42.5 Å². The quantitative estimate of drug-likeness (QED) is 0.732. The number of imide groups is 1. The molecule has 0 bridgehead atoms. The zero-order chi connectivity index (χ0) is 23.0. The lowest BCUT2D eigenvalue weighted by Crippen LogP contribution is -2.52. The first-order chi connectivity index (χ1) is 15.2. The van der Waals surface area contributed by atoms with Crippen LogP contribution in [0.3, 0.4) is 0 Å². The van der Waals surface area contributed by atoms with Crippen molar-refractivity contribution in [2.75, 3.05) is 37.6 Å². The highest BCUT2D eigenvalue weighted by Crippen LogP contribution is 2.31. The molecule has 1 N–H and O–H groups in total. The summed E-state index contributed by atoms with van der Waals surface area (Å²) in [7, 11) is 0. The minimum absolute atomic E-state index is 0.284. The van der Waals surface area contributed by atoms with E-state index in [1.165, 1.54) is 17.9 Å². The summed E-state index contributed by atoms with van der Waals surface area (Å²) in [4.78, 5) is 42.1. The third kappa shape index (κ3) is 3.76. The molecule has 1 atom stereocenters. The first-order valence-corrected chi connectivity index (χ1v) is 10.1. The van der Waals surface area contributed by atoms with E-state index in [0.29, 0.717) is 23.7 Å². The second kappa shape index (κ2) is 8.18. The lowest BCUT2D eigenvalue weighted by Gasteiger charge is -2.36. The summed E-state index contributed by atoms with van der Waals surface area (Å²) < 4.78 is 41.9. The van der Waals surface area contributed by atoms with E-state index >= 15 is 0 Å². The van der Waals surface area contributed by atoms with Crippen molar-refractivity contribution in [3.05, 3.63) is 65.5 Å². The molecule has 4 amide bonds. The molecule has 0 spiro atoms. The standard InChI is InChI=1S/C22H21F3N4O3/c1-22(15-12-14(23)6-7-16(15)24)20(31)29(21(32)26-22)13-19(30)28-10-8-27(9-11-28)18-5-3-2-4-17(18)25/h2-7,12H,8-11,13H2,1H3,(H,26,32). The largest absolute Gasteiger partial charge is 0.366 e. The van der Waals surface area contributed by atoms with Gasteiger partial charge in [0.2, 0.25) is 5.91 Å². The van der Waals surface area contributed by atoms with Gasteiger partial charge in [-0.2, -0.15) is 0 Å². The summed E-state index contributed by atoms with van der Waals surface area (Å²) in [5, 5.41) is 2.37. The summed E-state index contributed by atoms with van der Waals surface area (Å²) >= 11 is 0. The van der Waals surface area contributed by atoms with Crippen LogP contribution in [0.5, 0.6) is 0 Å². The zero-order valence-electron chi connectivity index (χ0n) is 17.3. The smallest absolute Gasteiger partial charge is 0.325 e. The third-order valence-corrected chi connectivity index (χ3v) is 5.86. The highest BCUT2D eigenvalue weighted by atomic mass is 19.1. The molecule has 0 aliphatic carbocycles. The maximum Gasteiger partial charge on any atom is 0.325 e. The van der Waals surface area contributed by atoms with Gasteiger partial charge < -0.3 is 15.1 Å². The molecule has 7 nitrogen and oxygen atoms in total. The van der Waals surface area contributed by atoms with Crippen LogP contribution in [-0.2, 0) is 15.1 Å². The normalized spacial score (nSPS) is 21.2. The first-order valence-electron chi connectivity index (χ1n) is 10.1. The maximum absolute atomic E-state index is 14.3. The Labute approximate surface area is 182 Å². The van der Waals surface area contributed by atoms with Gasteiger partial charge in [-0.1, -0.05) is 12.1 Å². The Bertz CT molecular complexity index is 1090. The Morgan fingerprint density at radius 2 is 1.69 bits per heavy atom. The number of rotatable bonds is 4. The van der Waals surface area contributed by atoms with Gasteiger partial charge in [-0.15, -0.1) is 0 Å². The Balaban J connectivity index is 1.43. The number of hydrogen-bond acceptors (Lipinski definition) is 4. The monoisotopic (exact) mass is 446 g/mol. The molecule has 2 heterocycles. The number of piperazine rings is 1. The van der Waals surface area contributed by atoms with E-state index in [4.69, 9.17) is 0 Å². The number of halogens is 3. The summed E-state index contributed by atoms with van der Waals surface area (Å²) in [5.74, 6) is -3.27. The maximum atomic E-state index is 14.3. The summed E-state index contributed by atoms with van der Waals surface area (Å²) in [6.07, 6.45) is 0. The van der Waals surface area contributed by atoms with Gasteiger partial charge in [0, 0.05) is 31.7 Å². The minimum Gasteiger partial charge on any atom is -0.366 e. The van der Waals surface area contributed by atoms with Crippen LogP contribution in [0.1, 0.15) is 12.5 Å². The number of carbonyl (C=O) groups is 3. The molecular formula is C22H21F3N4O3. The fourth-order valence-electron chi connectivity index (χ4n) is 4.04. The topological polar surface area (TPSA) is 73.0 Å². The SMILES string of the molecule is CC1(c2cc(F)ccc2F)NC(=O)N(CC(=O)N2CCN(c3ccccc3F)CC2)C1=O. The molecule has 2 aromatic carbocycles. The Hall–Kier alpha value is -3.56. The van der Waals surface area contributed by atoms with E-state index in [1.54, 1.807) is 18.2 Å². The predicted molar refractivity (Wildman–Crippen MR) is 109 cm³/mol. The van der Waals surface area contributed by atoms with Crippen molar-refractivity contribution in [2.45, 2.75) is 12.5 Å².